The van der Waals surface area contributed by atoms with Crippen LogP contribution in [0.4, 0.5) is 0 Å². The molecule has 15 atom stereocenters. The molecule has 5 aliphatic carbocycles. The van der Waals surface area contributed by atoms with Gasteiger partial charge in [-0.05, 0) is 67.9 Å². The smallest absolute Gasteiger partial charge is 0.330 e. The third-order valence-electron chi connectivity index (χ3n) is 13.1. The van der Waals surface area contributed by atoms with Gasteiger partial charge in [-0.3, -0.25) is 0 Å². The minimum absolute atomic E-state index is 0.00484. The number of methoxy groups -OCH3 is 4. The third-order valence-corrected chi connectivity index (χ3v) is 13.1. The molecule has 4 N–H and O–H groups in total. The van der Waals surface area contributed by atoms with Gasteiger partial charge in [-0.1, -0.05) is 12.2 Å². The first-order valence-corrected chi connectivity index (χ1v) is 20.5. The molecule has 3 saturated heterocycles. The number of aliphatic hydroxyl groups is 4. The lowest BCUT2D eigenvalue weighted by Crippen LogP contribution is -2.58. The molecule has 6 fully saturated rings. The molecule has 11 unspecified atom stereocenters. The largest absolute Gasteiger partial charge is 0.498 e. The van der Waals surface area contributed by atoms with Crippen LogP contribution in [0.1, 0.15) is 51.4 Å². The summed E-state index contributed by atoms with van der Waals surface area (Å²) < 4.78 is 72.0. The number of hydrogen-bond donors (Lipinski definition) is 4. The third kappa shape index (κ3) is 8.82. The van der Waals surface area contributed by atoms with E-state index in [1.807, 2.05) is 12.2 Å². The normalized spacial score (nSPS) is 42.7. The van der Waals surface area contributed by atoms with Gasteiger partial charge in [0.05, 0.1) is 58.0 Å². The van der Waals surface area contributed by atoms with Gasteiger partial charge in [0.25, 0.3) is 0 Å². The van der Waals surface area contributed by atoms with Gasteiger partial charge >= 0.3 is 5.97 Å². The second kappa shape index (κ2) is 17.6. The van der Waals surface area contributed by atoms with Crippen LogP contribution in [0.25, 0.3) is 0 Å². The zero-order chi connectivity index (χ0) is 41.5. The second-order valence-electron chi connectivity index (χ2n) is 16.7. The van der Waals surface area contributed by atoms with E-state index in [2.05, 4.69) is 6.08 Å². The van der Waals surface area contributed by atoms with E-state index < -0.39 is 78.3 Å². The predicted octanol–water partition coefficient (Wildman–Crippen LogP) is 1.57. The maximum absolute atomic E-state index is 11.9. The molecule has 17 nitrogen and oxygen atoms in total. The van der Waals surface area contributed by atoms with Crippen LogP contribution in [0.2, 0.25) is 0 Å². The molecule has 0 bridgehead atoms. The van der Waals surface area contributed by atoms with Crippen LogP contribution >= 0.6 is 0 Å². The number of rotatable bonds is 18. The van der Waals surface area contributed by atoms with Crippen molar-refractivity contribution in [3.05, 3.63) is 59.1 Å². The molecular weight excluding hydrogens is 776 g/mol. The van der Waals surface area contributed by atoms with Crippen molar-refractivity contribution in [3.63, 3.8) is 0 Å². The number of carbonyl (C=O) groups excluding carboxylic acids is 1. The predicted molar refractivity (Wildman–Crippen MR) is 202 cm³/mol. The van der Waals surface area contributed by atoms with Crippen LogP contribution in [0, 0.1) is 11.8 Å². The first-order valence-electron chi connectivity index (χ1n) is 20.5. The van der Waals surface area contributed by atoms with E-state index >= 15 is 0 Å². The van der Waals surface area contributed by atoms with Gasteiger partial charge in [0.1, 0.15) is 42.0 Å². The number of carbonyl (C=O) groups is 1. The fourth-order valence-corrected chi connectivity index (χ4v) is 9.31. The number of ether oxygens (including phenoxy) is 12. The molecule has 0 aromatic carbocycles. The van der Waals surface area contributed by atoms with Crippen molar-refractivity contribution in [2.24, 2.45) is 11.8 Å². The molecule has 0 radical (unpaired) electrons. The summed E-state index contributed by atoms with van der Waals surface area (Å²) in [6.45, 7) is 0.407. The standard InChI is InChI=1S/C42H58O17/c1-48-31-15-24(6-10-30(31)58-42-18-26(42)37(47)28(44)19-55-42)8-12-35(59-40-14-13-27(43)36(46)25(40)17-40)54-22-53-32-16-23(7-11-34(45)50-3)5-9-29(32)57-39-41(21-56-41)38(51-4)33(49-2)20-52-39/h5-7,11,15-16,25-30,33,35-39,43-44,46-47H,8-10,12-14,17-22H2,1-4H3/b11-7+/t25?,26?,27?,28-,29?,30?,33-,35?,36?,37?,38?,39+,40-,41?,42?/m1/s1. The van der Waals surface area contributed by atoms with Crippen molar-refractivity contribution in [1.29, 1.82) is 0 Å². The van der Waals surface area contributed by atoms with Crippen molar-refractivity contribution in [2.45, 2.75) is 130 Å². The first-order chi connectivity index (χ1) is 28.5. The van der Waals surface area contributed by atoms with Crippen LogP contribution in [0.5, 0.6) is 0 Å². The highest BCUT2D eigenvalue weighted by atomic mass is 16.8. The number of hydrogen-bond acceptors (Lipinski definition) is 17. The highest BCUT2D eigenvalue weighted by Crippen LogP contribution is 2.57. The summed E-state index contributed by atoms with van der Waals surface area (Å²) in [6.07, 6.45) is 7.87. The lowest BCUT2D eigenvalue weighted by molar-refractivity contribution is -0.278. The molecule has 328 valence electrons. The monoisotopic (exact) mass is 834 g/mol. The second-order valence-corrected chi connectivity index (χ2v) is 16.7. The molecule has 8 aliphatic rings. The zero-order valence-corrected chi connectivity index (χ0v) is 34.0. The summed E-state index contributed by atoms with van der Waals surface area (Å²) in [5, 5.41) is 41.4. The Morgan fingerprint density at radius 2 is 1.73 bits per heavy atom. The first kappa shape index (κ1) is 42.9. The number of allylic oxidation sites excluding steroid dienone is 5. The molecule has 17 heteroatoms. The molecule has 0 aromatic rings. The van der Waals surface area contributed by atoms with Crippen LogP contribution in [0.3, 0.4) is 0 Å². The lowest BCUT2D eigenvalue weighted by atomic mass is 9.92. The van der Waals surface area contributed by atoms with E-state index in [-0.39, 0.29) is 37.9 Å². The Labute approximate surface area is 343 Å². The number of aliphatic hydroxyl groups excluding tert-OH is 4. The molecule has 0 amide bonds. The van der Waals surface area contributed by atoms with E-state index in [1.54, 1.807) is 33.5 Å². The van der Waals surface area contributed by atoms with Gasteiger partial charge in [0, 0.05) is 45.0 Å². The van der Waals surface area contributed by atoms with Gasteiger partial charge < -0.3 is 77.3 Å². The molecule has 8 rings (SSSR count). The van der Waals surface area contributed by atoms with Crippen molar-refractivity contribution >= 4 is 5.97 Å². The summed E-state index contributed by atoms with van der Waals surface area (Å²) in [5.41, 5.74) is 0.233. The Hall–Kier alpha value is -2.75. The molecular formula is C42H58O17. The summed E-state index contributed by atoms with van der Waals surface area (Å²) in [4.78, 5) is 11.9. The Morgan fingerprint density at radius 1 is 0.932 bits per heavy atom. The fourth-order valence-electron chi connectivity index (χ4n) is 9.31. The van der Waals surface area contributed by atoms with Crippen molar-refractivity contribution in [1.82, 2.24) is 0 Å². The Kier molecular flexibility index (Phi) is 12.8. The van der Waals surface area contributed by atoms with Gasteiger partial charge in [-0.15, -0.1) is 0 Å². The van der Waals surface area contributed by atoms with E-state index in [9.17, 15) is 25.2 Å². The minimum Gasteiger partial charge on any atom is -0.498 e. The quantitative estimate of drug-likeness (QED) is 0.0668. The summed E-state index contributed by atoms with van der Waals surface area (Å²) in [7, 11) is 6.10. The van der Waals surface area contributed by atoms with Crippen LogP contribution in [-0.2, 0) is 61.6 Å². The van der Waals surface area contributed by atoms with Crippen molar-refractivity contribution in [2.75, 3.05) is 55.1 Å². The number of epoxide rings is 1. The maximum Gasteiger partial charge on any atom is 0.330 e. The minimum atomic E-state index is -0.932. The SMILES string of the molecule is COC(=O)/C=C/C1=CCC(O[C@@H]2OC[C@@H](OC)C(OC)C23CO3)C(OCOC(CCC2=CCC(OC34CC3C(O)[C@H](O)CO4)C(OC)=C2)O[C@@]23CCC(O)C(O)C2C3)=C1. The average Bonchev–Trinajstić information content (AvgIpc) is 4.18. The van der Waals surface area contributed by atoms with E-state index in [0.29, 0.717) is 75.1 Å². The molecule has 1 spiro atoms. The van der Waals surface area contributed by atoms with E-state index in [0.717, 1.165) is 5.57 Å². The van der Waals surface area contributed by atoms with Gasteiger partial charge in [0.15, 0.2) is 30.8 Å². The van der Waals surface area contributed by atoms with Gasteiger partial charge in [-0.2, -0.15) is 0 Å². The van der Waals surface area contributed by atoms with E-state index in [1.165, 1.54) is 13.2 Å². The maximum atomic E-state index is 11.9. The summed E-state index contributed by atoms with van der Waals surface area (Å²) in [5.74, 6) is -0.869. The zero-order valence-electron chi connectivity index (χ0n) is 34.0. The van der Waals surface area contributed by atoms with Gasteiger partial charge in [0.2, 0.25) is 0 Å². The molecule has 59 heavy (non-hydrogen) atoms. The topological polar surface area (TPSA) is 212 Å². The van der Waals surface area contributed by atoms with Crippen LogP contribution < -0.4 is 0 Å². The van der Waals surface area contributed by atoms with Crippen LogP contribution in [0.15, 0.2) is 59.1 Å². The Balaban J connectivity index is 0.937. The number of esters is 1. The highest BCUT2D eigenvalue weighted by Gasteiger charge is 2.67. The Morgan fingerprint density at radius 3 is 2.47 bits per heavy atom. The van der Waals surface area contributed by atoms with Crippen molar-refractivity contribution < 1.29 is 82.1 Å². The van der Waals surface area contributed by atoms with Crippen LogP contribution in [-0.4, -0.2) is 160 Å². The number of fused-ring (bicyclic) bond motifs is 2. The van der Waals surface area contributed by atoms with Crippen molar-refractivity contribution in [3.8, 4) is 0 Å². The van der Waals surface area contributed by atoms with E-state index in [4.69, 9.17) is 56.8 Å². The van der Waals surface area contributed by atoms with Gasteiger partial charge in [-0.25, -0.2) is 4.79 Å². The molecule has 3 saturated carbocycles. The summed E-state index contributed by atoms with van der Waals surface area (Å²) in [6, 6.07) is 0. The lowest BCUT2D eigenvalue weighted by Gasteiger charge is -2.41. The average molecular weight is 835 g/mol. The highest BCUT2D eigenvalue weighted by molar-refractivity contribution is 5.82. The summed E-state index contributed by atoms with van der Waals surface area (Å²) >= 11 is 0. The molecule has 3 heterocycles. The molecule has 3 aliphatic heterocycles. The Bertz CT molecular complexity index is 1690. The molecule has 0 aromatic heterocycles. The fraction of sp³-hybridized carbons (Fsp3) is 0.738.